The predicted molar refractivity (Wildman–Crippen MR) is 375 cm³/mol. The van der Waals surface area contributed by atoms with Crippen LogP contribution >= 0.6 is 0 Å². The van der Waals surface area contributed by atoms with E-state index in [0.717, 1.165) is 57.8 Å². The first-order chi connectivity index (χ1) is 42.0. The van der Waals surface area contributed by atoms with Gasteiger partial charge in [-0.25, -0.2) is 0 Å². The van der Waals surface area contributed by atoms with Crippen molar-refractivity contribution >= 4 is 11.9 Å². The van der Waals surface area contributed by atoms with Gasteiger partial charge in [-0.1, -0.05) is 364 Å². The average Bonchev–Trinajstić information content (AvgIpc) is 3.51. The first kappa shape index (κ1) is 82.8. The number of nitrogens with one attached hydrogen (secondary N) is 1. The molecule has 500 valence electrons. The van der Waals surface area contributed by atoms with E-state index in [4.69, 9.17) is 4.74 Å². The number of rotatable bonds is 72. The van der Waals surface area contributed by atoms with E-state index in [1.807, 2.05) is 0 Å². The van der Waals surface area contributed by atoms with Gasteiger partial charge in [0.1, 0.15) is 0 Å². The van der Waals surface area contributed by atoms with Crippen LogP contribution in [0.5, 0.6) is 0 Å². The van der Waals surface area contributed by atoms with E-state index in [1.54, 1.807) is 0 Å². The van der Waals surface area contributed by atoms with Crippen LogP contribution in [0.1, 0.15) is 418 Å². The molecule has 0 aromatic carbocycles. The average molecular weight is 1190 g/mol. The Morgan fingerprint density at radius 1 is 0.329 bits per heavy atom. The van der Waals surface area contributed by atoms with Crippen molar-refractivity contribution < 1.29 is 24.5 Å². The van der Waals surface area contributed by atoms with E-state index in [-0.39, 0.29) is 18.5 Å². The summed E-state index contributed by atoms with van der Waals surface area (Å²) < 4.78 is 5.51. The normalized spacial score (nSPS) is 12.8. The monoisotopic (exact) mass is 1190 g/mol. The molecule has 0 fully saturated rings. The standard InChI is InChI=1S/C79H149NO5/c1-3-5-7-9-11-13-15-16-17-18-43-46-49-53-57-61-65-69-73-79(84)85-74-70-66-62-58-54-50-47-44-41-39-37-35-33-31-29-27-25-23-21-19-20-22-24-26-28-30-32-34-36-38-40-42-45-48-52-56-60-64-68-72-78(83)80-76(75-81)77(82)71-67-63-59-55-51-14-12-10-8-6-4-2/h13,15,17-20,23,25,76-77,81-82H,3-12,14,16,21-22,24,26-75H2,1-2H3,(H,80,83)/b15-13-,18-17-,20-19-,25-23-. The zero-order valence-electron chi connectivity index (χ0n) is 57.4. The van der Waals surface area contributed by atoms with Crippen molar-refractivity contribution in [3.63, 3.8) is 0 Å². The maximum atomic E-state index is 12.5. The van der Waals surface area contributed by atoms with E-state index < -0.39 is 12.1 Å². The number of aliphatic hydroxyl groups is 2. The maximum absolute atomic E-state index is 12.5. The lowest BCUT2D eigenvalue weighted by Crippen LogP contribution is -2.45. The maximum Gasteiger partial charge on any atom is 0.305 e. The SMILES string of the molecule is CCCCCC/C=C\C/C=C\CCCCCCCCCC(=O)OCCCCCCCCCCCCCCCCC/C=C\C/C=C\CCCCCCCCCCCCCCCCCCCC(=O)NC(CO)C(O)CCCCCCCCCCCCC. The van der Waals surface area contributed by atoms with Crippen molar-refractivity contribution in [2.45, 2.75) is 431 Å². The highest BCUT2D eigenvalue weighted by Gasteiger charge is 2.20. The quantitative estimate of drug-likeness (QED) is 0.0320. The van der Waals surface area contributed by atoms with E-state index >= 15 is 0 Å². The Balaban J connectivity index is 3.33. The van der Waals surface area contributed by atoms with Gasteiger partial charge in [-0.05, 0) is 89.9 Å². The summed E-state index contributed by atoms with van der Waals surface area (Å²) in [6.45, 7) is 4.95. The second kappa shape index (κ2) is 74.3. The number of unbranched alkanes of at least 4 members (excludes halogenated alkanes) is 53. The number of hydrogen-bond donors (Lipinski definition) is 3. The molecule has 2 unspecified atom stereocenters. The fraction of sp³-hybridized carbons (Fsp3) is 0.873. The van der Waals surface area contributed by atoms with Gasteiger partial charge in [-0.3, -0.25) is 9.59 Å². The van der Waals surface area contributed by atoms with Crippen molar-refractivity contribution in [3.05, 3.63) is 48.6 Å². The number of amides is 1. The fourth-order valence-electron chi connectivity index (χ4n) is 12.0. The van der Waals surface area contributed by atoms with Crippen LogP contribution in [0.15, 0.2) is 48.6 Å². The van der Waals surface area contributed by atoms with Gasteiger partial charge in [0, 0.05) is 12.8 Å². The molecule has 2 atom stereocenters. The summed E-state index contributed by atoms with van der Waals surface area (Å²) in [5.74, 6) is -0.0180. The number of allylic oxidation sites excluding steroid dienone is 8. The molecular weight excluding hydrogens is 1040 g/mol. The second-order valence-electron chi connectivity index (χ2n) is 26.3. The lowest BCUT2D eigenvalue weighted by atomic mass is 10.0. The van der Waals surface area contributed by atoms with Gasteiger partial charge in [0.15, 0.2) is 0 Å². The molecule has 0 aliphatic carbocycles. The van der Waals surface area contributed by atoms with Gasteiger partial charge in [-0.15, -0.1) is 0 Å². The Hall–Kier alpha value is -2.18. The van der Waals surface area contributed by atoms with E-state index in [1.165, 1.54) is 327 Å². The number of carbonyl (C=O) groups is 2. The van der Waals surface area contributed by atoms with Crippen LogP contribution in [-0.4, -0.2) is 47.4 Å². The molecule has 0 aromatic rings. The number of hydrogen-bond acceptors (Lipinski definition) is 5. The molecule has 0 rings (SSSR count). The minimum absolute atomic E-state index is 0.0132. The minimum Gasteiger partial charge on any atom is -0.466 e. The van der Waals surface area contributed by atoms with Gasteiger partial charge in [-0.2, -0.15) is 0 Å². The molecular formula is C79H149NO5. The Morgan fingerprint density at radius 3 is 0.906 bits per heavy atom. The number of aliphatic hydroxyl groups excluding tert-OH is 2. The predicted octanol–water partition coefficient (Wildman–Crippen LogP) is 25.2. The topological polar surface area (TPSA) is 95.9 Å². The summed E-state index contributed by atoms with van der Waals surface area (Å²) in [4.78, 5) is 24.6. The Kier molecular flexibility index (Phi) is 72.4. The highest BCUT2D eigenvalue weighted by molar-refractivity contribution is 5.76. The molecule has 0 saturated carbocycles. The summed E-state index contributed by atoms with van der Waals surface area (Å²) in [5, 5.41) is 23.2. The summed E-state index contributed by atoms with van der Waals surface area (Å²) in [5.41, 5.74) is 0. The molecule has 0 bridgehead atoms. The van der Waals surface area contributed by atoms with E-state index in [0.29, 0.717) is 25.9 Å². The molecule has 85 heavy (non-hydrogen) atoms. The van der Waals surface area contributed by atoms with Gasteiger partial charge in [0.2, 0.25) is 5.91 Å². The first-order valence-electron chi connectivity index (χ1n) is 38.4. The van der Waals surface area contributed by atoms with Gasteiger partial charge in [0.25, 0.3) is 0 Å². The van der Waals surface area contributed by atoms with Crippen molar-refractivity contribution in [3.8, 4) is 0 Å². The molecule has 3 N–H and O–H groups in total. The van der Waals surface area contributed by atoms with Crippen molar-refractivity contribution in [2.24, 2.45) is 0 Å². The lowest BCUT2D eigenvalue weighted by Gasteiger charge is -2.22. The Labute approximate surface area is 531 Å². The van der Waals surface area contributed by atoms with E-state index in [9.17, 15) is 19.8 Å². The molecule has 6 nitrogen and oxygen atoms in total. The lowest BCUT2D eigenvalue weighted by molar-refractivity contribution is -0.143. The Morgan fingerprint density at radius 2 is 0.588 bits per heavy atom. The number of esters is 1. The van der Waals surface area contributed by atoms with Gasteiger partial charge < -0.3 is 20.3 Å². The Bertz CT molecular complexity index is 1420. The van der Waals surface area contributed by atoms with Crippen LogP contribution in [0, 0.1) is 0 Å². The van der Waals surface area contributed by atoms with Gasteiger partial charge in [0.05, 0.1) is 25.4 Å². The first-order valence-corrected chi connectivity index (χ1v) is 38.4. The molecule has 0 aliphatic rings. The number of carbonyl (C=O) groups excluding carboxylic acids is 2. The molecule has 0 aromatic heterocycles. The third kappa shape index (κ3) is 70.8. The van der Waals surface area contributed by atoms with Crippen molar-refractivity contribution in [2.75, 3.05) is 13.2 Å². The summed E-state index contributed by atoms with van der Waals surface area (Å²) in [6, 6.07) is -0.538. The molecule has 0 heterocycles. The van der Waals surface area contributed by atoms with Crippen LogP contribution < -0.4 is 5.32 Å². The summed E-state index contributed by atoms with van der Waals surface area (Å²) in [6.07, 6.45) is 97.8. The highest BCUT2D eigenvalue weighted by atomic mass is 16.5. The van der Waals surface area contributed by atoms with Crippen molar-refractivity contribution in [1.29, 1.82) is 0 Å². The number of ether oxygens (including phenoxy) is 1. The molecule has 6 heteroatoms. The fourth-order valence-corrected chi connectivity index (χ4v) is 12.0. The van der Waals surface area contributed by atoms with E-state index in [2.05, 4.69) is 67.8 Å². The van der Waals surface area contributed by atoms with Crippen LogP contribution in [0.2, 0.25) is 0 Å². The molecule has 0 aliphatic heterocycles. The largest absolute Gasteiger partial charge is 0.466 e. The molecule has 0 saturated heterocycles. The third-order valence-corrected chi connectivity index (χ3v) is 17.9. The van der Waals surface area contributed by atoms with Crippen LogP contribution in [0.3, 0.4) is 0 Å². The molecule has 0 radical (unpaired) electrons. The summed E-state index contributed by atoms with van der Waals surface area (Å²) in [7, 11) is 0. The zero-order chi connectivity index (χ0) is 61.3. The van der Waals surface area contributed by atoms with Crippen LogP contribution in [0.25, 0.3) is 0 Å². The molecule has 1 amide bonds. The highest BCUT2D eigenvalue weighted by Crippen LogP contribution is 2.19. The summed E-state index contributed by atoms with van der Waals surface area (Å²) >= 11 is 0. The van der Waals surface area contributed by atoms with Crippen LogP contribution in [-0.2, 0) is 14.3 Å². The third-order valence-electron chi connectivity index (χ3n) is 17.9. The zero-order valence-corrected chi connectivity index (χ0v) is 57.4. The smallest absolute Gasteiger partial charge is 0.305 e. The van der Waals surface area contributed by atoms with Gasteiger partial charge >= 0.3 is 5.97 Å². The van der Waals surface area contributed by atoms with Crippen LogP contribution in [0.4, 0.5) is 0 Å². The minimum atomic E-state index is -0.661. The second-order valence-corrected chi connectivity index (χ2v) is 26.3. The molecule has 0 spiro atoms. The van der Waals surface area contributed by atoms with Crippen molar-refractivity contribution in [1.82, 2.24) is 5.32 Å².